The van der Waals surface area contributed by atoms with Crippen LogP contribution in [-0.4, -0.2) is 50.9 Å². The third kappa shape index (κ3) is 4.55. The minimum atomic E-state index is -0.498. The summed E-state index contributed by atoms with van der Waals surface area (Å²) in [5.41, 5.74) is 7.91. The summed E-state index contributed by atoms with van der Waals surface area (Å²) in [5, 5.41) is 3.50. The molecule has 3 aromatic rings. The number of hydrogen-bond donors (Lipinski definition) is 1. The second kappa shape index (κ2) is 10.9. The highest BCUT2D eigenvalue weighted by molar-refractivity contribution is 5.84. The maximum absolute atomic E-state index is 12.8. The number of nitrogens with one attached hydrogen (secondary N) is 1. The zero-order valence-corrected chi connectivity index (χ0v) is 24.0. The van der Waals surface area contributed by atoms with E-state index in [-0.39, 0.29) is 17.9 Å². The van der Waals surface area contributed by atoms with Gasteiger partial charge in [-0.3, -0.25) is 4.79 Å². The molecule has 1 aromatic heterocycles. The highest BCUT2D eigenvalue weighted by atomic mass is 16.5. The third-order valence-corrected chi connectivity index (χ3v) is 9.08. The number of ether oxygens (including phenoxy) is 3. The van der Waals surface area contributed by atoms with Crippen LogP contribution in [0.15, 0.2) is 48.5 Å². The Hall–Kier alpha value is -3.42. The van der Waals surface area contributed by atoms with Gasteiger partial charge in [-0.2, -0.15) is 0 Å². The van der Waals surface area contributed by atoms with Crippen LogP contribution in [0.5, 0.6) is 5.75 Å². The van der Waals surface area contributed by atoms with Crippen LogP contribution in [0.2, 0.25) is 0 Å². The van der Waals surface area contributed by atoms with Gasteiger partial charge in [-0.25, -0.2) is 4.98 Å². The molecule has 210 valence electrons. The van der Waals surface area contributed by atoms with E-state index in [9.17, 15) is 4.79 Å². The van der Waals surface area contributed by atoms with Crippen molar-refractivity contribution in [3.8, 4) is 17.0 Å². The fourth-order valence-electron chi connectivity index (χ4n) is 6.94. The quantitative estimate of drug-likeness (QED) is 0.388. The number of rotatable bonds is 9. The molecule has 0 radical (unpaired) electrons. The van der Waals surface area contributed by atoms with Gasteiger partial charge >= 0.3 is 5.97 Å². The predicted octanol–water partition coefficient (Wildman–Crippen LogP) is 4.86. The summed E-state index contributed by atoms with van der Waals surface area (Å²) in [6, 6.07) is 16.8. The molecule has 0 unspecified atom stereocenters. The van der Waals surface area contributed by atoms with Gasteiger partial charge in [0.25, 0.3) is 0 Å². The average Bonchev–Trinajstić information content (AvgIpc) is 3.63. The number of benzene rings is 2. The molecule has 1 saturated heterocycles. The zero-order chi connectivity index (χ0) is 27.9. The minimum absolute atomic E-state index is 0.0992. The van der Waals surface area contributed by atoms with E-state index in [1.807, 2.05) is 18.2 Å². The summed E-state index contributed by atoms with van der Waals surface area (Å²) in [6.07, 6.45) is 2.92. The van der Waals surface area contributed by atoms with Crippen LogP contribution in [0.3, 0.4) is 0 Å². The normalized spacial score (nSPS) is 22.9. The Bertz CT molecular complexity index is 1410. The van der Waals surface area contributed by atoms with Crippen LogP contribution in [0.25, 0.3) is 11.3 Å². The number of piperidine rings is 1. The Morgan fingerprint density at radius 2 is 2.02 bits per heavy atom. The van der Waals surface area contributed by atoms with Crippen LogP contribution in [0.4, 0.5) is 5.82 Å². The lowest BCUT2D eigenvalue weighted by Crippen LogP contribution is -2.44. The van der Waals surface area contributed by atoms with Gasteiger partial charge in [0.2, 0.25) is 0 Å². The van der Waals surface area contributed by atoms with E-state index in [1.54, 1.807) is 7.11 Å². The molecule has 3 aliphatic rings. The molecule has 0 amide bonds. The highest BCUT2D eigenvalue weighted by Gasteiger charge is 2.71. The standard InChI is InChI=1S/C33H39N3O4/c1-5-23-14-22(15-24-12-13-34-17-27(23)24)19-40-31-21(2)8-6-9-26(31)28-10-7-11-30(35-28)36-18-25-16-33(25,32(37)39-4)29(36)20-38-3/h6-11,14-15,25,29,34H,5,12-13,16-20H2,1-4H3/t25-,29+,33+/m0/s1. The lowest BCUT2D eigenvalue weighted by molar-refractivity contribution is -0.148. The molecule has 1 N–H and O–H groups in total. The van der Waals surface area contributed by atoms with Gasteiger partial charge in [-0.05, 0) is 84.7 Å². The maximum atomic E-state index is 12.8. The number of fused-ring (bicyclic) bond motifs is 2. The second-order valence-corrected chi connectivity index (χ2v) is 11.4. The minimum Gasteiger partial charge on any atom is -0.488 e. The van der Waals surface area contributed by atoms with Crippen LogP contribution < -0.4 is 15.0 Å². The number of anilines is 1. The fourth-order valence-corrected chi connectivity index (χ4v) is 6.94. The highest BCUT2D eigenvalue weighted by Crippen LogP contribution is 2.62. The van der Waals surface area contributed by atoms with E-state index in [2.05, 4.69) is 54.4 Å². The molecule has 0 bridgehead atoms. The first-order valence-electron chi connectivity index (χ1n) is 14.4. The molecule has 7 nitrogen and oxygen atoms in total. The summed E-state index contributed by atoms with van der Waals surface area (Å²) in [6.45, 7) is 8.01. The first-order chi connectivity index (χ1) is 19.5. The lowest BCUT2D eigenvalue weighted by Gasteiger charge is -2.31. The number of methoxy groups -OCH3 is 2. The van der Waals surface area contributed by atoms with Crippen molar-refractivity contribution in [1.82, 2.24) is 10.3 Å². The molecular formula is C33H39N3O4. The average molecular weight is 542 g/mol. The molecule has 3 atom stereocenters. The topological polar surface area (TPSA) is 72.9 Å². The summed E-state index contributed by atoms with van der Waals surface area (Å²) in [7, 11) is 3.16. The Labute approximate surface area is 236 Å². The van der Waals surface area contributed by atoms with Crippen molar-refractivity contribution in [2.24, 2.45) is 11.3 Å². The number of esters is 1. The SMILES string of the molecule is CCc1cc(COc2c(C)cccc2-c2cccc(N3C[C@@H]4C[C@]4(C(=O)OC)[C@H]3COC)n2)cc2c1CNCC2. The summed E-state index contributed by atoms with van der Waals surface area (Å²) < 4.78 is 17.3. The van der Waals surface area contributed by atoms with E-state index in [4.69, 9.17) is 19.2 Å². The predicted molar refractivity (Wildman–Crippen MR) is 156 cm³/mol. The molecule has 2 aliphatic heterocycles. The lowest BCUT2D eigenvalue weighted by atomic mass is 9.92. The fraction of sp³-hybridized carbons (Fsp3) is 0.455. The monoisotopic (exact) mass is 541 g/mol. The third-order valence-electron chi connectivity index (χ3n) is 9.08. The van der Waals surface area contributed by atoms with E-state index < -0.39 is 5.41 Å². The Morgan fingerprint density at radius 3 is 2.83 bits per heavy atom. The van der Waals surface area contributed by atoms with Gasteiger partial charge in [-0.1, -0.05) is 37.3 Å². The van der Waals surface area contributed by atoms with Crippen LogP contribution in [0, 0.1) is 18.3 Å². The molecule has 6 rings (SSSR count). The van der Waals surface area contributed by atoms with E-state index in [0.717, 1.165) is 67.3 Å². The molecule has 1 aliphatic carbocycles. The van der Waals surface area contributed by atoms with Crippen molar-refractivity contribution < 1.29 is 19.0 Å². The second-order valence-electron chi connectivity index (χ2n) is 11.4. The molecule has 2 fully saturated rings. The number of nitrogens with zero attached hydrogens (tertiary/aromatic N) is 2. The summed E-state index contributed by atoms with van der Waals surface area (Å²) in [4.78, 5) is 20.1. The Balaban J connectivity index is 1.28. The van der Waals surface area contributed by atoms with Crippen molar-refractivity contribution in [3.05, 3.63) is 76.3 Å². The molecule has 1 saturated carbocycles. The molecule has 7 heteroatoms. The summed E-state index contributed by atoms with van der Waals surface area (Å²) in [5.74, 6) is 1.83. The number of aryl methyl sites for hydroxylation is 2. The molecule has 0 spiro atoms. The molecular weight excluding hydrogens is 502 g/mol. The Morgan fingerprint density at radius 1 is 1.18 bits per heavy atom. The first kappa shape index (κ1) is 26.8. The van der Waals surface area contributed by atoms with Crippen molar-refractivity contribution >= 4 is 11.8 Å². The maximum Gasteiger partial charge on any atom is 0.314 e. The van der Waals surface area contributed by atoms with Gasteiger partial charge < -0.3 is 24.4 Å². The van der Waals surface area contributed by atoms with E-state index in [1.165, 1.54) is 29.4 Å². The van der Waals surface area contributed by atoms with Crippen molar-refractivity contribution in [2.45, 2.75) is 52.3 Å². The summed E-state index contributed by atoms with van der Waals surface area (Å²) >= 11 is 0. The number of carbonyl (C=O) groups excluding carboxylic acids is 1. The number of pyridine rings is 1. The smallest absolute Gasteiger partial charge is 0.314 e. The van der Waals surface area contributed by atoms with Crippen molar-refractivity contribution in [3.63, 3.8) is 0 Å². The number of carbonyl (C=O) groups is 1. The number of hydrogen-bond acceptors (Lipinski definition) is 7. The molecule has 40 heavy (non-hydrogen) atoms. The number of para-hydroxylation sites is 1. The largest absolute Gasteiger partial charge is 0.488 e. The van der Waals surface area contributed by atoms with E-state index in [0.29, 0.717) is 13.2 Å². The van der Waals surface area contributed by atoms with Crippen molar-refractivity contribution in [2.75, 3.05) is 38.8 Å². The molecule has 2 aromatic carbocycles. The van der Waals surface area contributed by atoms with Gasteiger partial charge in [0.1, 0.15) is 18.2 Å². The molecule has 3 heterocycles. The van der Waals surface area contributed by atoms with Gasteiger partial charge in [0.15, 0.2) is 0 Å². The van der Waals surface area contributed by atoms with Crippen LogP contribution in [-0.2, 0) is 40.3 Å². The van der Waals surface area contributed by atoms with Crippen LogP contribution in [0.1, 0.15) is 41.2 Å². The number of aromatic nitrogens is 1. The Kier molecular flexibility index (Phi) is 7.27. The van der Waals surface area contributed by atoms with E-state index >= 15 is 0 Å². The zero-order valence-electron chi connectivity index (χ0n) is 24.0. The van der Waals surface area contributed by atoms with Crippen molar-refractivity contribution in [1.29, 1.82) is 0 Å². The first-order valence-corrected chi connectivity index (χ1v) is 14.4. The van der Waals surface area contributed by atoms with Crippen LogP contribution >= 0.6 is 0 Å². The van der Waals surface area contributed by atoms with Gasteiger partial charge in [-0.15, -0.1) is 0 Å². The van der Waals surface area contributed by atoms with Gasteiger partial charge in [0, 0.05) is 25.8 Å². The van der Waals surface area contributed by atoms with Gasteiger partial charge in [0.05, 0.1) is 30.9 Å².